The van der Waals surface area contributed by atoms with Crippen LogP contribution >= 0.6 is 0 Å². The molecule has 0 bridgehead atoms. The third-order valence-electron chi connectivity index (χ3n) is 5.73. The van der Waals surface area contributed by atoms with E-state index in [1.807, 2.05) is 43.3 Å². The maximum atomic E-state index is 12.8. The summed E-state index contributed by atoms with van der Waals surface area (Å²) in [6, 6.07) is 16.8. The molecule has 6 heteroatoms. The first kappa shape index (κ1) is 22.0. The predicted octanol–water partition coefficient (Wildman–Crippen LogP) is 4.63. The van der Waals surface area contributed by atoms with E-state index in [2.05, 4.69) is 16.4 Å². The lowest BCUT2D eigenvalue weighted by Gasteiger charge is -2.12. The smallest absolute Gasteiger partial charge is 0.255 e. The fraction of sp³-hybridized carbons (Fsp3) is 0.148. The van der Waals surface area contributed by atoms with Gasteiger partial charge in [0.2, 0.25) is 0 Å². The van der Waals surface area contributed by atoms with Crippen molar-refractivity contribution in [3.63, 3.8) is 0 Å². The van der Waals surface area contributed by atoms with E-state index < -0.39 is 0 Å². The van der Waals surface area contributed by atoms with Crippen LogP contribution in [0.1, 0.15) is 61.9 Å². The molecule has 0 unspecified atom stereocenters. The second-order valence-electron chi connectivity index (χ2n) is 8.19. The van der Waals surface area contributed by atoms with Crippen LogP contribution in [0.4, 0.5) is 5.69 Å². The van der Waals surface area contributed by atoms with Gasteiger partial charge in [-0.05, 0) is 90.4 Å². The van der Waals surface area contributed by atoms with Crippen molar-refractivity contribution >= 4 is 29.2 Å². The van der Waals surface area contributed by atoms with Gasteiger partial charge >= 0.3 is 0 Å². The van der Waals surface area contributed by atoms with Crippen molar-refractivity contribution in [3.8, 4) is 0 Å². The number of nitrogens with zero attached hydrogens (tertiary/aromatic N) is 1. The van der Waals surface area contributed by atoms with Gasteiger partial charge in [-0.15, -0.1) is 0 Å². The summed E-state index contributed by atoms with van der Waals surface area (Å²) in [6.07, 6.45) is 7.79. The van der Waals surface area contributed by atoms with Crippen LogP contribution < -0.4 is 16.8 Å². The molecule has 0 atom stereocenters. The average molecular weight is 439 g/mol. The molecular weight excluding hydrogens is 412 g/mol. The summed E-state index contributed by atoms with van der Waals surface area (Å²) < 4.78 is 0. The highest BCUT2D eigenvalue weighted by molar-refractivity contribution is 6.04. The SMILES string of the molecule is Cc1ccc(NC(=O)c2cccc(C3CC3)c2)cc1/C(N)=C/C(=C\N)c1ccnc(C=O)c1. The molecule has 33 heavy (non-hydrogen) atoms. The Hall–Kier alpha value is -4.19. The largest absolute Gasteiger partial charge is 0.404 e. The van der Waals surface area contributed by atoms with Gasteiger partial charge in [-0.25, -0.2) is 0 Å². The lowest BCUT2D eigenvalue weighted by Crippen LogP contribution is -2.12. The third-order valence-corrected chi connectivity index (χ3v) is 5.73. The van der Waals surface area contributed by atoms with Gasteiger partial charge in [-0.1, -0.05) is 18.2 Å². The lowest BCUT2D eigenvalue weighted by atomic mass is 10.0. The average Bonchev–Trinajstić information content (AvgIpc) is 3.69. The number of aldehydes is 1. The molecule has 0 radical (unpaired) electrons. The summed E-state index contributed by atoms with van der Waals surface area (Å²) in [5, 5.41) is 2.97. The standard InChI is InChI=1S/C27H26N4O2/c1-17-5-8-23(31-27(33)21-4-2-3-19(11-21)18-6-7-18)14-25(17)26(29)13-22(15-28)20-9-10-30-24(12-20)16-32/h2-5,8-16,18H,6-7,28-29H2,1H3,(H,31,33)/b22-15+,26-13-. The number of hydrogen-bond donors (Lipinski definition) is 3. The number of carbonyl (C=O) groups is 2. The quantitative estimate of drug-likeness (QED) is 0.368. The molecule has 2 aromatic carbocycles. The fourth-order valence-electron chi connectivity index (χ4n) is 3.73. The van der Waals surface area contributed by atoms with Gasteiger partial charge in [0.1, 0.15) is 5.69 Å². The van der Waals surface area contributed by atoms with Crippen LogP contribution in [-0.2, 0) is 0 Å². The van der Waals surface area contributed by atoms with Gasteiger partial charge in [0, 0.05) is 34.9 Å². The number of aryl methyl sites for hydroxylation is 1. The fourth-order valence-corrected chi connectivity index (χ4v) is 3.73. The Bertz CT molecular complexity index is 1270. The van der Waals surface area contributed by atoms with Crippen LogP contribution in [0.2, 0.25) is 0 Å². The Balaban J connectivity index is 1.57. The van der Waals surface area contributed by atoms with Gasteiger partial charge in [0.25, 0.3) is 5.91 Å². The topological polar surface area (TPSA) is 111 Å². The number of allylic oxidation sites excluding steroid dienone is 2. The number of anilines is 1. The van der Waals surface area contributed by atoms with Crippen LogP contribution in [0.25, 0.3) is 11.3 Å². The molecule has 1 aliphatic carbocycles. The highest BCUT2D eigenvalue weighted by atomic mass is 16.1. The number of carbonyl (C=O) groups excluding carboxylic acids is 2. The molecule has 6 nitrogen and oxygen atoms in total. The van der Waals surface area contributed by atoms with Crippen LogP contribution in [0, 0.1) is 6.92 Å². The molecule has 1 amide bonds. The first-order valence-electron chi connectivity index (χ1n) is 10.8. The molecule has 1 aliphatic rings. The van der Waals surface area contributed by atoms with E-state index in [0.29, 0.717) is 40.4 Å². The van der Waals surface area contributed by atoms with Crippen molar-refractivity contribution in [2.24, 2.45) is 11.5 Å². The number of amides is 1. The summed E-state index contributed by atoms with van der Waals surface area (Å²) in [7, 11) is 0. The molecule has 0 aliphatic heterocycles. The minimum absolute atomic E-state index is 0.157. The number of nitrogens with two attached hydrogens (primary N) is 2. The van der Waals surface area contributed by atoms with E-state index in [0.717, 1.165) is 16.7 Å². The maximum absolute atomic E-state index is 12.8. The number of benzene rings is 2. The number of pyridine rings is 1. The van der Waals surface area contributed by atoms with Crippen molar-refractivity contribution in [1.82, 2.24) is 4.98 Å². The van der Waals surface area contributed by atoms with E-state index in [-0.39, 0.29) is 5.91 Å². The Morgan fingerprint density at radius 1 is 1.09 bits per heavy atom. The van der Waals surface area contributed by atoms with Gasteiger partial charge < -0.3 is 16.8 Å². The van der Waals surface area contributed by atoms with E-state index in [9.17, 15) is 9.59 Å². The molecule has 1 heterocycles. The third kappa shape index (κ3) is 5.18. The molecule has 3 aromatic rings. The first-order chi connectivity index (χ1) is 16.0. The van der Waals surface area contributed by atoms with Crippen molar-refractivity contribution in [1.29, 1.82) is 0 Å². The molecule has 0 saturated heterocycles. The highest BCUT2D eigenvalue weighted by Crippen LogP contribution is 2.40. The second-order valence-corrected chi connectivity index (χ2v) is 8.19. The van der Waals surface area contributed by atoms with Crippen LogP contribution in [-0.4, -0.2) is 17.2 Å². The predicted molar refractivity (Wildman–Crippen MR) is 132 cm³/mol. The van der Waals surface area contributed by atoms with Gasteiger partial charge in [0.05, 0.1) is 0 Å². The monoisotopic (exact) mass is 438 g/mol. The van der Waals surface area contributed by atoms with Crippen LogP contribution in [0.15, 0.2) is 73.1 Å². The number of nitrogens with one attached hydrogen (secondary N) is 1. The van der Waals surface area contributed by atoms with E-state index in [1.165, 1.54) is 24.6 Å². The van der Waals surface area contributed by atoms with Crippen LogP contribution in [0.5, 0.6) is 0 Å². The molecule has 166 valence electrons. The summed E-state index contributed by atoms with van der Waals surface area (Å²) >= 11 is 0. The molecule has 1 saturated carbocycles. The van der Waals surface area contributed by atoms with E-state index in [1.54, 1.807) is 24.4 Å². The molecule has 4 rings (SSSR count). The minimum Gasteiger partial charge on any atom is -0.404 e. The normalized spacial score (nSPS) is 14.1. The highest BCUT2D eigenvalue weighted by Gasteiger charge is 2.24. The second kappa shape index (κ2) is 9.53. The summed E-state index contributed by atoms with van der Waals surface area (Å²) in [6.45, 7) is 1.95. The maximum Gasteiger partial charge on any atom is 0.255 e. The zero-order valence-corrected chi connectivity index (χ0v) is 18.4. The summed E-state index contributed by atoms with van der Waals surface area (Å²) in [4.78, 5) is 27.9. The zero-order valence-electron chi connectivity index (χ0n) is 18.4. The number of hydrogen-bond acceptors (Lipinski definition) is 5. The zero-order chi connectivity index (χ0) is 23.4. The van der Waals surface area contributed by atoms with Gasteiger partial charge in [-0.3, -0.25) is 14.6 Å². The van der Waals surface area contributed by atoms with Crippen molar-refractivity contribution < 1.29 is 9.59 Å². The number of rotatable bonds is 7. The van der Waals surface area contributed by atoms with Crippen molar-refractivity contribution in [3.05, 3.63) is 107 Å². The van der Waals surface area contributed by atoms with Gasteiger partial charge in [-0.2, -0.15) is 0 Å². The van der Waals surface area contributed by atoms with E-state index in [4.69, 9.17) is 11.5 Å². The molecule has 0 spiro atoms. The summed E-state index contributed by atoms with van der Waals surface area (Å²) in [5.41, 5.74) is 18.7. The Morgan fingerprint density at radius 3 is 2.64 bits per heavy atom. The Morgan fingerprint density at radius 2 is 1.91 bits per heavy atom. The van der Waals surface area contributed by atoms with Crippen LogP contribution in [0.3, 0.4) is 0 Å². The Kier molecular flexibility index (Phi) is 6.36. The number of aromatic nitrogens is 1. The molecule has 5 N–H and O–H groups in total. The van der Waals surface area contributed by atoms with Crippen molar-refractivity contribution in [2.75, 3.05) is 5.32 Å². The molecule has 1 fully saturated rings. The van der Waals surface area contributed by atoms with Gasteiger partial charge in [0.15, 0.2) is 6.29 Å². The molecular formula is C27H26N4O2. The minimum atomic E-state index is -0.157. The van der Waals surface area contributed by atoms with Crippen molar-refractivity contribution in [2.45, 2.75) is 25.7 Å². The summed E-state index contributed by atoms with van der Waals surface area (Å²) in [5.74, 6) is 0.428. The first-order valence-corrected chi connectivity index (χ1v) is 10.8. The Labute approximate surface area is 193 Å². The molecule has 1 aromatic heterocycles. The van der Waals surface area contributed by atoms with E-state index >= 15 is 0 Å². The lowest BCUT2D eigenvalue weighted by molar-refractivity contribution is 0.102.